The molecule has 0 saturated carbocycles. The second-order valence-electron chi connectivity index (χ2n) is 6.91. The first-order valence-corrected chi connectivity index (χ1v) is 12.1. The van der Waals surface area contributed by atoms with Crippen molar-refractivity contribution in [2.24, 2.45) is 0 Å². The van der Waals surface area contributed by atoms with Crippen LogP contribution in [0.5, 0.6) is 0 Å². The first-order chi connectivity index (χ1) is 13.7. The molecule has 0 fully saturated rings. The Balaban J connectivity index is 1.89. The van der Waals surface area contributed by atoms with Gasteiger partial charge in [-0.15, -0.1) is 0 Å². The van der Waals surface area contributed by atoms with Gasteiger partial charge in [0, 0.05) is 6.54 Å². The lowest BCUT2D eigenvalue weighted by atomic mass is 10.0. The Morgan fingerprint density at radius 1 is 0.793 bits per heavy atom. The Labute approximate surface area is 172 Å². The number of sulfonamides is 1. The Morgan fingerprint density at radius 3 is 2.00 bits per heavy atom. The monoisotopic (exact) mass is 429 g/mol. The third-order valence-corrected chi connectivity index (χ3v) is 8.09. The Bertz CT molecular complexity index is 1190. The number of rotatable bonds is 7. The summed E-state index contributed by atoms with van der Waals surface area (Å²) >= 11 is 0. The highest BCUT2D eigenvalue weighted by molar-refractivity contribution is 7.91. The summed E-state index contributed by atoms with van der Waals surface area (Å²) in [6.07, 6.45) is 0. The van der Waals surface area contributed by atoms with Crippen molar-refractivity contribution >= 4 is 19.9 Å². The number of sulfone groups is 1. The molecular weight excluding hydrogens is 406 g/mol. The zero-order valence-electron chi connectivity index (χ0n) is 16.2. The van der Waals surface area contributed by atoms with Gasteiger partial charge in [-0.25, -0.2) is 21.6 Å². The summed E-state index contributed by atoms with van der Waals surface area (Å²) in [5, 5.41) is 0. The highest BCUT2D eigenvalue weighted by Crippen LogP contribution is 2.25. The molecule has 5 nitrogen and oxygen atoms in total. The number of aryl methyl sites for hydroxylation is 1. The van der Waals surface area contributed by atoms with E-state index in [1.165, 1.54) is 30.3 Å². The van der Waals surface area contributed by atoms with Crippen LogP contribution in [-0.4, -0.2) is 23.4 Å². The molecule has 0 radical (unpaired) electrons. The Hall–Kier alpha value is -2.48. The maximum Gasteiger partial charge on any atom is 0.240 e. The predicted octanol–water partition coefficient (Wildman–Crippen LogP) is 3.91. The summed E-state index contributed by atoms with van der Waals surface area (Å²) in [7, 11) is -7.68. The van der Waals surface area contributed by atoms with Gasteiger partial charge in [-0.3, -0.25) is 0 Å². The number of hydrogen-bond acceptors (Lipinski definition) is 4. The zero-order valence-corrected chi connectivity index (χ0v) is 17.9. The maximum atomic E-state index is 12.9. The van der Waals surface area contributed by atoms with Gasteiger partial charge in [0.1, 0.15) is 0 Å². The van der Waals surface area contributed by atoms with Crippen LogP contribution < -0.4 is 4.72 Å². The minimum absolute atomic E-state index is 0.0254. The molecule has 152 valence electrons. The molecule has 0 aromatic heterocycles. The van der Waals surface area contributed by atoms with Gasteiger partial charge in [0.25, 0.3) is 0 Å². The van der Waals surface area contributed by atoms with Crippen LogP contribution in [0.2, 0.25) is 0 Å². The maximum absolute atomic E-state index is 12.9. The summed E-state index contributed by atoms with van der Waals surface area (Å²) in [5.74, 6) is -0.0254. The van der Waals surface area contributed by atoms with Gasteiger partial charge in [-0.1, -0.05) is 61.5 Å². The summed E-state index contributed by atoms with van der Waals surface area (Å²) in [5.41, 5.74) is 1.50. The van der Waals surface area contributed by atoms with Crippen LogP contribution in [0.15, 0.2) is 93.5 Å². The van der Waals surface area contributed by atoms with Crippen molar-refractivity contribution in [1.29, 1.82) is 0 Å². The summed E-state index contributed by atoms with van der Waals surface area (Å²) < 4.78 is 54.1. The molecule has 0 aliphatic carbocycles. The Morgan fingerprint density at radius 2 is 1.38 bits per heavy atom. The van der Waals surface area contributed by atoms with Gasteiger partial charge >= 0.3 is 0 Å². The van der Waals surface area contributed by atoms with E-state index in [0.717, 1.165) is 5.56 Å². The van der Waals surface area contributed by atoms with Crippen molar-refractivity contribution in [3.05, 3.63) is 90.0 Å². The Kier molecular flexibility index (Phi) is 6.21. The van der Waals surface area contributed by atoms with Crippen LogP contribution in [0, 0.1) is 6.92 Å². The van der Waals surface area contributed by atoms with Crippen LogP contribution >= 0.6 is 0 Å². The molecule has 0 aliphatic heterocycles. The van der Waals surface area contributed by atoms with Crippen LogP contribution in [0.4, 0.5) is 0 Å². The van der Waals surface area contributed by atoms with E-state index in [2.05, 4.69) is 4.72 Å². The summed E-state index contributed by atoms with van der Waals surface area (Å²) in [6, 6.07) is 21.7. The lowest BCUT2D eigenvalue weighted by Crippen LogP contribution is -2.28. The van der Waals surface area contributed by atoms with E-state index in [4.69, 9.17) is 0 Å². The molecule has 1 unspecified atom stereocenters. The molecule has 3 aromatic rings. The smallest absolute Gasteiger partial charge is 0.219 e. The van der Waals surface area contributed by atoms with Crippen molar-refractivity contribution in [1.82, 2.24) is 4.72 Å². The molecule has 0 spiro atoms. The van der Waals surface area contributed by atoms with Crippen LogP contribution in [0.25, 0.3) is 0 Å². The average Bonchev–Trinajstić information content (AvgIpc) is 2.73. The van der Waals surface area contributed by atoms with Crippen LogP contribution in [-0.2, 0) is 19.9 Å². The van der Waals surface area contributed by atoms with E-state index in [-0.39, 0.29) is 27.1 Å². The molecule has 29 heavy (non-hydrogen) atoms. The summed E-state index contributed by atoms with van der Waals surface area (Å²) in [4.78, 5) is 0.0402. The standard InChI is InChI=1S/C22H23NO4S2/c1-17-13-14-21(28(24,25)20-11-7-4-8-12-20)15-22(17)29(26,27)23-16-18(2)19-9-5-3-6-10-19/h3-15,18,23H,16H2,1-2H3. The fourth-order valence-corrected chi connectivity index (χ4v) is 5.77. The number of benzene rings is 3. The molecule has 0 heterocycles. The molecular formula is C22H23NO4S2. The predicted molar refractivity (Wildman–Crippen MR) is 113 cm³/mol. The van der Waals surface area contributed by atoms with Gasteiger partial charge in [-0.2, -0.15) is 0 Å². The van der Waals surface area contributed by atoms with E-state index in [1.54, 1.807) is 25.1 Å². The minimum Gasteiger partial charge on any atom is -0.219 e. The third-order valence-electron chi connectivity index (χ3n) is 4.76. The topological polar surface area (TPSA) is 80.3 Å². The van der Waals surface area contributed by atoms with Crippen molar-refractivity contribution in [3.8, 4) is 0 Å². The second kappa shape index (κ2) is 8.49. The highest BCUT2D eigenvalue weighted by atomic mass is 32.2. The normalized spacial score (nSPS) is 13.2. The third kappa shape index (κ3) is 4.75. The largest absolute Gasteiger partial charge is 0.240 e. The first-order valence-electron chi connectivity index (χ1n) is 9.17. The van der Waals surface area contributed by atoms with Gasteiger partial charge < -0.3 is 0 Å². The van der Waals surface area contributed by atoms with Crippen LogP contribution in [0.1, 0.15) is 24.0 Å². The quantitative estimate of drug-likeness (QED) is 0.617. The van der Waals surface area contributed by atoms with E-state index < -0.39 is 19.9 Å². The molecule has 1 atom stereocenters. The second-order valence-corrected chi connectivity index (χ2v) is 10.6. The van der Waals surface area contributed by atoms with Crippen LogP contribution in [0.3, 0.4) is 0 Å². The van der Waals surface area contributed by atoms with E-state index in [0.29, 0.717) is 5.56 Å². The molecule has 0 saturated heterocycles. The van der Waals surface area contributed by atoms with E-state index in [1.807, 2.05) is 37.3 Å². The van der Waals surface area contributed by atoms with Crippen molar-refractivity contribution < 1.29 is 16.8 Å². The summed E-state index contributed by atoms with van der Waals surface area (Å²) in [6.45, 7) is 3.79. The molecule has 7 heteroatoms. The van der Waals surface area contributed by atoms with Gasteiger partial charge in [-0.05, 0) is 48.2 Å². The minimum atomic E-state index is -3.87. The van der Waals surface area contributed by atoms with Crippen molar-refractivity contribution in [2.75, 3.05) is 6.54 Å². The van der Waals surface area contributed by atoms with E-state index >= 15 is 0 Å². The fourth-order valence-electron chi connectivity index (χ4n) is 2.98. The SMILES string of the molecule is Cc1ccc(S(=O)(=O)c2ccccc2)cc1S(=O)(=O)NCC(C)c1ccccc1. The van der Waals surface area contributed by atoms with Gasteiger partial charge in [0.05, 0.1) is 14.7 Å². The molecule has 3 rings (SSSR count). The zero-order chi connectivity index (χ0) is 21.1. The molecule has 1 N–H and O–H groups in total. The van der Waals surface area contributed by atoms with Gasteiger partial charge in [0.15, 0.2) is 0 Å². The molecule has 3 aromatic carbocycles. The molecule has 0 bridgehead atoms. The lowest BCUT2D eigenvalue weighted by molar-refractivity contribution is 0.574. The highest BCUT2D eigenvalue weighted by Gasteiger charge is 2.23. The number of nitrogens with one attached hydrogen (secondary N) is 1. The average molecular weight is 430 g/mol. The fraction of sp³-hybridized carbons (Fsp3) is 0.182. The number of hydrogen-bond donors (Lipinski definition) is 1. The molecule has 0 aliphatic rings. The van der Waals surface area contributed by atoms with E-state index in [9.17, 15) is 16.8 Å². The first kappa shape index (κ1) is 21.2. The van der Waals surface area contributed by atoms with Crippen molar-refractivity contribution in [3.63, 3.8) is 0 Å². The van der Waals surface area contributed by atoms with Crippen molar-refractivity contribution in [2.45, 2.75) is 34.5 Å². The lowest BCUT2D eigenvalue weighted by Gasteiger charge is -2.15. The molecule has 0 amide bonds. The van der Waals surface area contributed by atoms with Gasteiger partial charge in [0.2, 0.25) is 19.9 Å².